The van der Waals surface area contributed by atoms with Crippen LogP contribution < -0.4 is 9.80 Å². The Balaban J connectivity index is 0.973. The standard InChI is InChI=1S/C80H76N2/c1-76(2,3)50-27-31-54(32-28-50)81(56-35-37-60-58-19-15-17-25-66(58)78(7,8)68(60)44-56)72-46-70-74(64-23-13-11-21-62(64)72)75-65-24-14-12-22-63(65)73(47-71(75)80(70)52-40-48-39-49(42-52)43-53(80)41-48)82(55-33-29-51(30-34-55)77(4,5)6)57-36-38-61-59-20-16-18-26-67(59)79(9,10)69(61)45-57/h11-38,44-49,52-53H,39-43H2,1-10H3. The maximum absolute atomic E-state index is 2.77. The molecule has 17 rings (SSSR count). The zero-order valence-electron chi connectivity index (χ0n) is 49.7. The lowest BCUT2D eigenvalue weighted by molar-refractivity contribution is -0.0398. The van der Waals surface area contributed by atoms with E-state index in [0.29, 0.717) is 11.8 Å². The van der Waals surface area contributed by atoms with E-state index in [4.69, 9.17) is 0 Å². The van der Waals surface area contributed by atoms with Gasteiger partial charge in [-0.15, -0.1) is 0 Å². The molecule has 0 saturated heterocycles. The average Bonchev–Trinajstić information content (AvgIpc) is 1.93. The van der Waals surface area contributed by atoms with Gasteiger partial charge in [0.2, 0.25) is 0 Å². The molecule has 0 aromatic heterocycles. The number of benzene rings is 10. The van der Waals surface area contributed by atoms with E-state index in [0.717, 1.165) is 11.8 Å². The molecule has 4 bridgehead atoms. The molecule has 10 aromatic carbocycles. The Hall–Kier alpha value is -7.68. The van der Waals surface area contributed by atoms with Crippen molar-refractivity contribution in [2.24, 2.45) is 23.7 Å². The van der Waals surface area contributed by atoms with Crippen LogP contribution in [0, 0.1) is 23.7 Å². The first kappa shape index (κ1) is 50.1. The minimum Gasteiger partial charge on any atom is -0.310 e. The lowest BCUT2D eigenvalue weighted by Gasteiger charge is -2.61. The first-order valence-electron chi connectivity index (χ1n) is 30.8. The SMILES string of the molecule is CC(C)(C)c1ccc(N(c2ccc3c(c2)C(C)(C)c2ccccc2-3)c2cc3c(c4ccccc24)-c2c(cc(N(c4ccc(C(C)(C)C)cc4)c4ccc5c(c4)C(C)(C)c4ccccc4-5)c4ccccc24)C32C3CC4CC(C3)CC2C4)cc1. The van der Waals surface area contributed by atoms with Crippen LogP contribution in [0.1, 0.15) is 146 Å². The van der Waals surface area contributed by atoms with E-state index in [-0.39, 0.29) is 27.1 Å². The zero-order chi connectivity index (χ0) is 56.0. The van der Waals surface area contributed by atoms with E-state index in [9.17, 15) is 0 Å². The predicted molar refractivity (Wildman–Crippen MR) is 347 cm³/mol. The molecule has 2 heteroatoms. The molecule has 0 unspecified atom stereocenters. The number of nitrogens with zero attached hydrogens (tertiary/aromatic N) is 2. The van der Waals surface area contributed by atoms with Crippen molar-refractivity contribution in [3.8, 4) is 33.4 Å². The number of fused-ring (bicyclic) bond motifs is 13. The first-order chi connectivity index (χ1) is 39.4. The van der Waals surface area contributed by atoms with Crippen molar-refractivity contribution in [1.29, 1.82) is 0 Å². The molecule has 1 spiro atoms. The van der Waals surface area contributed by atoms with E-state index < -0.39 is 0 Å². The molecule has 7 aliphatic carbocycles. The summed E-state index contributed by atoms with van der Waals surface area (Å²) in [4.78, 5) is 5.31. The number of anilines is 6. The van der Waals surface area contributed by atoms with Crippen molar-refractivity contribution < 1.29 is 0 Å². The van der Waals surface area contributed by atoms with Crippen LogP contribution in [-0.4, -0.2) is 0 Å². The Morgan fingerprint density at radius 1 is 0.329 bits per heavy atom. The van der Waals surface area contributed by atoms with Crippen LogP contribution >= 0.6 is 0 Å². The molecule has 0 radical (unpaired) electrons. The second-order valence-corrected chi connectivity index (χ2v) is 29.0. The fourth-order valence-electron chi connectivity index (χ4n) is 18.0. The smallest absolute Gasteiger partial charge is 0.0543 e. The van der Waals surface area contributed by atoms with E-state index >= 15 is 0 Å². The largest absolute Gasteiger partial charge is 0.310 e. The van der Waals surface area contributed by atoms with Crippen molar-refractivity contribution in [1.82, 2.24) is 0 Å². The van der Waals surface area contributed by atoms with Crippen molar-refractivity contribution in [2.45, 2.75) is 128 Å². The molecule has 4 fully saturated rings. The molecule has 0 atom stereocenters. The third-order valence-corrected chi connectivity index (χ3v) is 21.7. The van der Waals surface area contributed by atoms with Crippen molar-refractivity contribution in [3.63, 3.8) is 0 Å². The molecular formula is C80H76N2. The molecular weight excluding hydrogens is 989 g/mol. The van der Waals surface area contributed by atoms with Gasteiger partial charge in [-0.3, -0.25) is 0 Å². The summed E-state index contributed by atoms with van der Waals surface area (Å²) in [5.41, 5.74) is 26.8. The lowest BCUT2D eigenvalue weighted by Crippen LogP contribution is -2.55. The normalized spacial score (nSPS) is 20.6. The van der Waals surface area contributed by atoms with Crippen LogP contribution in [0.3, 0.4) is 0 Å². The summed E-state index contributed by atoms with van der Waals surface area (Å²) in [5.74, 6) is 2.69. The maximum atomic E-state index is 2.77. The van der Waals surface area contributed by atoms with Crippen LogP contribution in [0.15, 0.2) is 194 Å². The van der Waals surface area contributed by atoms with Gasteiger partial charge >= 0.3 is 0 Å². The van der Waals surface area contributed by atoms with Gasteiger partial charge in [0.25, 0.3) is 0 Å². The predicted octanol–water partition coefficient (Wildman–Crippen LogP) is 21.9. The molecule has 0 N–H and O–H groups in total. The summed E-state index contributed by atoms with van der Waals surface area (Å²) in [7, 11) is 0. The van der Waals surface area contributed by atoms with Crippen LogP contribution in [0.2, 0.25) is 0 Å². The number of hydrogen-bond donors (Lipinski definition) is 0. The molecule has 0 heterocycles. The Kier molecular flexibility index (Phi) is 10.5. The monoisotopic (exact) mass is 1060 g/mol. The quantitative estimate of drug-likeness (QED) is 0.164. The Bertz CT molecular complexity index is 4020. The molecule has 10 aromatic rings. The Morgan fingerprint density at radius 2 is 0.671 bits per heavy atom. The minimum absolute atomic E-state index is 0.0285. The molecule has 406 valence electrons. The minimum atomic E-state index is -0.164. The topological polar surface area (TPSA) is 6.48 Å². The highest BCUT2D eigenvalue weighted by Gasteiger charge is 2.62. The van der Waals surface area contributed by atoms with Gasteiger partial charge in [-0.2, -0.15) is 0 Å². The van der Waals surface area contributed by atoms with Gasteiger partial charge < -0.3 is 9.80 Å². The van der Waals surface area contributed by atoms with Crippen molar-refractivity contribution >= 4 is 55.7 Å². The summed E-state index contributed by atoms with van der Waals surface area (Å²) in [5, 5.41) is 5.32. The average molecular weight is 1070 g/mol. The summed E-state index contributed by atoms with van der Waals surface area (Å²) in [6.45, 7) is 23.7. The fraction of sp³-hybridized carbons (Fsp3) is 0.300. The summed E-state index contributed by atoms with van der Waals surface area (Å²) in [6.07, 6.45) is 6.60. The Morgan fingerprint density at radius 3 is 1.06 bits per heavy atom. The highest BCUT2D eigenvalue weighted by Crippen LogP contribution is 2.72. The molecule has 2 nitrogen and oxygen atoms in total. The highest BCUT2D eigenvalue weighted by atomic mass is 15.2. The molecule has 82 heavy (non-hydrogen) atoms. The van der Waals surface area contributed by atoms with Gasteiger partial charge in [-0.1, -0.05) is 203 Å². The molecule has 4 saturated carbocycles. The van der Waals surface area contributed by atoms with E-state index in [2.05, 4.69) is 273 Å². The van der Waals surface area contributed by atoms with Crippen LogP contribution in [0.5, 0.6) is 0 Å². The van der Waals surface area contributed by atoms with Gasteiger partial charge in [0, 0.05) is 49.8 Å². The Labute approximate surface area is 486 Å². The molecule has 0 aliphatic heterocycles. The molecule has 7 aliphatic rings. The summed E-state index contributed by atoms with van der Waals surface area (Å²) < 4.78 is 0. The third-order valence-electron chi connectivity index (χ3n) is 21.7. The van der Waals surface area contributed by atoms with E-state index in [1.54, 1.807) is 11.1 Å². The maximum Gasteiger partial charge on any atom is 0.0543 e. The van der Waals surface area contributed by atoms with Crippen LogP contribution in [0.25, 0.3) is 54.9 Å². The second kappa shape index (κ2) is 17.2. The highest BCUT2D eigenvalue weighted by molar-refractivity contribution is 6.18. The third kappa shape index (κ3) is 6.93. The van der Waals surface area contributed by atoms with Gasteiger partial charge in [0.1, 0.15) is 0 Å². The second-order valence-electron chi connectivity index (χ2n) is 29.0. The number of rotatable bonds is 6. The van der Waals surface area contributed by atoms with Crippen molar-refractivity contribution in [3.05, 3.63) is 239 Å². The van der Waals surface area contributed by atoms with Gasteiger partial charge in [0.05, 0.1) is 11.4 Å². The van der Waals surface area contributed by atoms with Crippen molar-refractivity contribution in [2.75, 3.05) is 9.80 Å². The van der Waals surface area contributed by atoms with Crippen LogP contribution in [-0.2, 0) is 27.1 Å². The fourth-order valence-corrected chi connectivity index (χ4v) is 18.0. The van der Waals surface area contributed by atoms with Gasteiger partial charge in [0.15, 0.2) is 0 Å². The first-order valence-corrected chi connectivity index (χ1v) is 30.8. The summed E-state index contributed by atoms with van der Waals surface area (Å²) in [6, 6.07) is 76.7. The van der Waals surface area contributed by atoms with E-state index in [1.165, 1.54) is 155 Å². The van der Waals surface area contributed by atoms with Crippen LogP contribution in [0.4, 0.5) is 34.1 Å². The number of hydrogen-bond acceptors (Lipinski definition) is 2. The molecule has 0 amide bonds. The zero-order valence-corrected chi connectivity index (χ0v) is 49.7. The summed E-state index contributed by atoms with van der Waals surface area (Å²) >= 11 is 0. The van der Waals surface area contributed by atoms with Gasteiger partial charge in [-0.25, -0.2) is 0 Å². The van der Waals surface area contributed by atoms with E-state index in [1.807, 2.05) is 0 Å². The van der Waals surface area contributed by atoms with Gasteiger partial charge in [-0.05, 0) is 216 Å². The lowest BCUT2D eigenvalue weighted by atomic mass is 9.43.